The molecule has 3 rings (SSSR count). The van der Waals surface area contributed by atoms with E-state index in [1.54, 1.807) is 12.3 Å². The van der Waals surface area contributed by atoms with Crippen LogP contribution in [0.2, 0.25) is 0 Å². The first-order valence-electron chi connectivity index (χ1n) is 16.3. The zero-order chi connectivity index (χ0) is 36.1. The number of thioether (sulfide) groups is 1. The minimum atomic E-state index is -1.00. The fourth-order valence-corrected chi connectivity index (χ4v) is 6.71. The topological polar surface area (TPSA) is 205 Å². The Morgan fingerprint density at radius 2 is 1.67 bits per heavy atom. The van der Waals surface area contributed by atoms with Crippen LogP contribution in [0, 0.1) is 5.92 Å². The molecule has 0 radical (unpaired) electrons. The largest absolute Gasteiger partial charge is 0.349 e. The second-order valence-corrected chi connectivity index (χ2v) is 14.1. The maximum absolute atomic E-state index is 13.8. The Morgan fingerprint density at radius 1 is 1.00 bits per heavy atom. The molecule has 0 unspecified atom stereocenters. The molecule has 14 nitrogen and oxygen atoms in total. The number of nitrogens with zero attached hydrogens (tertiary/aromatic N) is 2. The van der Waals surface area contributed by atoms with E-state index in [4.69, 9.17) is 5.73 Å². The van der Waals surface area contributed by atoms with Gasteiger partial charge in [-0.15, -0.1) is 11.3 Å². The first kappa shape index (κ1) is 39.4. The SMILES string of the molecule is CC[C@@H]1NC(=O)[C@@H](C)NC(=O)c2csc(n2)[C@H](C(C)C)NC(=O)CN(C(=O)CN)C[C@H](Cc2ccccc2)NC(=O)[C@H](CCSC)NC1=O. The van der Waals surface area contributed by atoms with E-state index in [9.17, 15) is 28.8 Å². The molecule has 16 heteroatoms. The Morgan fingerprint density at radius 3 is 2.31 bits per heavy atom. The summed E-state index contributed by atoms with van der Waals surface area (Å²) in [5.74, 6) is -2.74. The number of carbonyl (C=O) groups excluding carboxylic acids is 6. The highest BCUT2D eigenvalue weighted by Crippen LogP contribution is 2.25. The number of fused-ring (bicyclic) bond motifs is 2. The van der Waals surface area contributed by atoms with Gasteiger partial charge >= 0.3 is 0 Å². The molecule has 5 atom stereocenters. The molecule has 2 heterocycles. The monoisotopic (exact) mass is 716 g/mol. The smallest absolute Gasteiger partial charge is 0.271 e. The third kappa shape index (κ3) is 11.8. The predicted octanol–water partition coefficient (Wildman–Crippen LogP) is 0.736. The first-order chi connectivity index (χ1) is 23.4. The molecule has 1 aliphatic heterocycles. The molecular weight excluding hydrogens is 669 g/mol. The number of rotatable bonds is 8. The lowest BCUT2D eigenvalue weighted by molar-refractivity contribution is -0.136. The minimum Gasteiger partial charge on any atom is -0.349 e. The summed E-state index contributed by atoms with van der Waals surface area (Å²) in [5.41, 5.74) is 6.72. The van der Waals surface area contributed by atoms with Gasteiger partial charge in [0, 0.05) is 11.9 Å². The van der Waals surface area contributed by atoms with E-state index in [1.807, 2.05) is 50.4 Å². The van der Waals surface area contributed by atoms with Crippen molar-refractivity contribution in [2.24, 2.45) is 11.7 Å². The van der Waals surface area contributed by atoms with Crippen LogP contribution in [0.3, 0.4) is 0 Å². The lowest BCUT2D eigenvalue weighted by atomic mass is 10.0. The molecule has 0 aliphatic carbocycles. The molecule has 0 fully saturated rings. The van der Waals surface area contributed by atoms with E-state index in [1.165, 1.54) is 34.9 Å². The van der Waals surface area contributed by atoms with Crippen LogP contribution in [0.15, 0.2) is 35.7 Å². The van der Waals surface area contributed by atoms with Gasteiger partial charge in [0.25, 0.3) is 5.91 Å². The Balaban J connectivity index is 2.03. The molecule has 1 aliphatic rings. The molecule has 0 saturated carbocycles. The van der Waals surface area contributed by atoms with E-state index in [0.29, 0.717) is 23.6 Å². The summed E-state index contributed by atoms with van der Waals surface area (Å²) in [6.07, 6.45) is 2.74. The molecule has 6 amide bonds. The van der Waals surface area contributed by atoms with Crippen LogP contribution in [0.5, 0.6) is 0 Å². The van der Waals surface area contributed by atoms with Crippen molar-refractivity contribution >= 4 is 58.5 Å². The average Bonchev–Trinajstić information content (AvgIpc) is 3.57. The number of carbonyl (C=O) groups is 6. The maximum Gasteiger partial charge on any atom is 0.271 e. The predicted molar refractivity (Wildman–Crippen MR) is 190 cm³/mol. The first-order valence-corrected chi connectivity index (χ1v) is 18.6. The maximum atomic E-state index is 13.8. The molecule has 2 bridgehead atoms. The number of aromatic nitrogens is 1. The van der Waals surface area contributed by atoms with Gasteiger partial charge < -0.3 is 37.2 Å². The van der Waals surface area contributed by atoms with E-state index in [-0.39, 0.29) is 37.7 Å². The zero-order valence-corrected chi connectivity index (χ0v) is 30.2. The van der Waals surface area contributed by atoms with Gasteiger partial charge in [-0.05, 0) is 49.7 Å². The summed E-state index contributed by atoms with van der Waals surface area (Å²) in [6, 6.07) is 5.22. The summed E-state index contributed by atoms with van der Waals surface area (Å²) >= 11 is 2.69. The fourth-order valence-electron chi connectivity index (χ4n) is 5.21. The third-order valence-electron chi connectivity index (χ3n) is 8.00. The normalized spacial score (nSPS) is 23.4. The molecule has 0 saturated heterocycles. The van der Waals surface area contributed by atoms with Crippen molar-refractivity contribution < 1.29 is 28.8 Å². The number of nitrogens with two attached hydrogens (primary N) is 1. The standard InChI is InChI=1S/C33H48N8O6S2/c1-6-23-30(45)38-24(12-13-48-5)31(46)36-22(14-21-10-8-7-9-11-21)16-41(27(43)15-34)17-26(42)40-28(19(2)3)33-39-25(18-49-33)32(47)35-20(4)29(44)37-23/h7-11,18-20,22-24,28H,6,12-17,34H2,1-5H3,(H,35,47)(H,36,46)(H,37,44)(H,38,45)(H,40,42)/t20-,22+,23+,24+,28+/m1/s1. The van der Waals surface area contributed by atoms with Crippen molar-refractivity contribution in [2.75, 3.05) is 31.6 Å². The number of benzene rings is 1. The highest BCUT2D eigenvalue weighted by Gasteiger charge is 2.31. The van der Waals surface area contributed by atoms with Gasteiger partial charge in [0.2, 0.25) is 29.5 Å². The summed E-state index contributed by atoms with van der Waals surface area (Å²) in [7, 11) is 0. The highest BCUT2D eigenvalue weighted by atomic mass is 32.2. The summed E-state index contributed by atoms with van der Waals surface area (Å²) < 4.78 is 0. The molecule has 7 N–H and O–H groups in total. The Bertz CT molecular complexity index is 1460. The van der Waals surface area contributed by atoms with E-state index < -0.39 is 65.7 Å². The van der Waals surface area contributed by atoms with Crippen LogP contribution in [-0.4, -0.2) is 101 Å². The van der Waals surface area contributed by atoms with Crippen LogP contribution in [0.25, 0.3) is 0 Å². The van der Waals surface area contributed by atoms with E-state index in [2.05, 4.69) is 31.6 Å². The van der Waals surface area contributed by atoms with Crippen molar-refractivity contribution in [3.8, 4) is 0 Å². The van der Waals surface area contributed by atoms with Crippen LogP contribution < -0.4 is 32.3 Å². The quantitative estimate of drug-likeness (QED) is 0.228. The van der Waals surface area contributed by atoms with Crippen LogP contribution in [-0.2, 0) is 30.4 Å². The second kappa shape index (κ2) is 19.2. The number of amides is 6. The van der Waals surface area contributed by atoms with Crippen LogP contribution in [0.1, 0.15) is 67.6 Å². The minimum absolute atomic E-state index is 0.0350. The molecule has 268 valence electrons. The van der Waals surface area contributed by atoms with E-state index in [0.717, 1.165) is 5.56 Å². The zero-order valence-electron chi connectivity index (χ0n) is 28.6. The number of nitrogens with one attached hydrogen (secondary N) is 5. The molecule has 2 aromatic rings. The van der Waals surface area contributed by atoms with Gasteiger partial charge in [-0.2, -0.15) is 11.8 Å². The second-order valence-electron chi connectivity index (χ2n) is 12.2. The van der Waals surface area contributed by atoms with Gasteiger partial charge in [-0.1, -0.05) is 51.1 Å². The molecule has 1 aromatic heterocycles. The summed E-state index contributed by atoms with van der Waals surface area (Å²) in [4.78, 5) is 85.7. The van der Waals surface area contributed by atoms with Crippen molar-refractivity contribution in [3.63, 3.8) is 0 Å². The average molecular weight is 717 g/mol. The molecule has 1 aromatic carbocycles. The Hall–Kier alpha value is -4.02. The number of thiazole rings is 1. The number of hydrogen-bond acceptors (Lipinski definition) is 10. The Kier molecular flexibility index (Phi) is 15.5. The molecular formula is C33H48N8O6S2. The fraction of sp³-hybridized carbons (Fsp3) is 0.545. The van der Waals surface area contributed by atoms with Crippen LogP contribution >= 0.6 is 23.1 Å². The summed E-state index contributed by atoms with van der Waals surface area (Å²) in [6.45, 7) is 6.27. The Labute approximate surface area is 295 Å². The van der Waals surface area contributed by atoms with Crippen molar-refractivity contribution in [1.82, 2.24) is 36.5 Å². The lowest BCUT2D eigenvalue weighted by Crippen LogP contribution is -2.58. The summed E-state index contributed by atoms with van der Waals surface area (Å²) in [5, 5.41) is 16.0. The highest BCUT2D eigenvalue weighted by molar-refractivity contribution is 7.98. The van der Waals surface area contributed by atoms with Gasteiger partial charge in [-0.3, -0.25) is 28.8 Å². The van der Waals surface area contributed by atoms with E-state index >= 15 is 0 Å². The van der Waals surface area contributed by atoms with Crippen molar-refractivity contribution in [2.45, 2.75) is 77.2 Å². The third-order valence-corrected chi connectivity index (χ3v) is 9.58. The van der Waals surface area contributed by atoms with Gasteiger partial charge in [0.1, 0.15) is 28.8 Å². The van der Waals surface area contributed by atoms with Crippen molar-refractivity contribution in [3.05, 3.63) is 52.0 Å². The molecule has 49 heavy (non-hydrogen) atoms. The van der Waals surface area contributed by atoms with Crippen molar-refractivity contribution in [1.29, 1.82) is 0 Å². The lowest BCUT2D eigenvalue weighted by Gasteiger charge is -2.30. The number of hydrogen-bond donors (Lipinski definition) is 6. The van der Waals surface area contributed by atoms with Crippen LogP contribution in [0.4, 0.5) is 0 Å². The van der Waals surface area contributed by atoms with Gasteiger partial charge in [0.15, 0.2) is 0 Å². The molecule has 0 spiro atoms. The van der Waals surface area contributed by atoms with Gasteiger partial charge in [0.05, 0.1) is 25.2 Å². The van der Waals surface area contributed by atoms with Gasteiger partial charge in [-0.25, -0.2) is 4.98 Å².